The highest BCUT2D eigenvalue weighted by atomic mass is 127. The first kappa shape index (κ1) is 11.3. The zero-order valence-electron chi connectivity index (χ0n) is 8.42. The van der Waals surface area contributed by atoms with Gasteiger partial charge in [0.05, 0.1) is 0 Å². The number of halogens is 1. The second-order valence-corrected chi connectivity index (χ2v) is 4.22. The normalized spacial score (nSPS) is 19.0. The maximum Gasteiger partial charge on any atom is 0.430 e. The molecule has 6 heteroatoms. The quantitative estimate of drug-likeness (QED) is 0.804. The molecule has 0 radical (unpaired) electrons. The van der Waals surface area contributed by atoms with Crippen molar-refractivity contribution in [2.24, 2.45) is 5.10 Å². The molecule has 16 heavy (non-hydrogen) atoms. The lowest BCUT2D eigenvalue weighted by molar-refractivity contribution is -0.0241. The van der Waals surface area contributed by atoms with Gasteiger partial charge in [0.2, 0.25) is 0 Å². The van der Waals surface area contributed by atoms with Gasteiger partial charge in [-0.05, 0) is 22.6 Å². The molecule has 0 spiro atoms. The van der Waals surface area contributed by atoms with Crippen molar-refractivity contribution in [3.63, 3.8) is 0 Å². The second kappa shape index (κ2) is 4.38. The Labute approximate surface area is 106 Å². The fourth-order valence-electron chi connectivity index (χ4n) is 1.60. The Kier molecular flexibility index (Phi) is 3.10. The van der Waals surface area contributed by atoms with Crippen LogP contribution in [0.1, 0.15) is 17.4 Å². The van der Waals surface area contributed by atoms with Gasteiger partial charge in [-0.2, -0.15) is 10.1 Å². The summed E-state index contributed by atoms with van der Waals surface area (Å²) in [6, 6.07) is 7.47. The number of hydrogen-bond donors (Lipinski definition) is 1. The van der Waals surface area contributed by atoms with Gasteiger partial charge in [0.25, 0.3) is 0 Å². The van der Waals surface area contributed by atoms with Crippen molar-refractivity contribution in [3.8, 4) is 0 Å². The van der Waals surface area contributed by atoms with Gasteiger partial charge in [-0.3, -0.25) is 0 Å². The van der Waals surface area contributed by atoms with Gasteiger partial charge in [0.1, 0.15) is 3.72 Å². The monoisotopic (exact) mass is 332 g/mol. The molecule has 0 aromatic heterocycles. The molecule has 1 aliphatic heterocycles. The third kappa shape index (κ3) is 1.78. The van der Waals surface area contributed by atoms with Gasteiger partial charge < -0.3 is 9.84 Å². The van der Waals surface area contributed by atoms with Crippen LogP contribution in [0.2, 0.25) is 0 Å². The summed E-state index contributed by atoms with van der Waals surface area (Å²) in [7, 11) is 1.46. The lowest BCUT2D eigenvalue weighted by atomic mass is 10.1. The molecule has 1 amide bonds. The Morgan fingerprint density at radius 2 is 2.25 bits per heavy atom. The molecule has 0 fully saturated rings. The fourth-order valence-corrected chi connectivity index (χ4v) is 2.33. The van der Waals surface area contributed by atoms with Crippen LogP contribution >= 0.6 is 22.6 Å². The van der Waals surface area contributed by atoms with E-state index in [9.17, 15) is 4.79 Å². The number of methoxy groups -OCH3 is 1. The van der Waals surface area contributed by atoms with Gasteiger partial charge in [-0.1, -0.05) is 24.3 Å². The van der Waals surface area contributed by atoms with E-state index in [1.165, 1.54) is 7.11 Å². The smallest absolute Gasteiger partial charge is 0.430 e. The molecule has 0 bridgehead atoms. The first-order chi connectivity index (χ1) is 7.65. The van der Waals surface area contributed by atoms with Crippen LogP contribution in [0.15, 0.2) is 29.4 Å². The van der Waals surface area contributed by atoms with E-state index < -0.39 is 12.3 Å². The number of fused-ring (bicyclic) bond motifs is 1. The van der Waals surface area contributed by atoms with Gasteiger partial charge in [-0.15, -0.1) is 0 Å². The lowest BCUT2D eigenvalue weighted by Gasteiger charge is -2.29. The van der Waals surface area contributed by atoms with E-state index in [2.05, 4.69) is 5.10 Å². The lowest BCUT2D eigenvalue weighted by Crippen LogP contribution is -2.34. The molecular weight excluding hydrogens is 323 g/mol. The van der Waals surface area contributed by atoms with Crippen molar-refractivity contribution in [1.82, 2.24) is 5.01 Å². The number of hydrazone groups is 1. The van der Waals surface area contributed by atoms with Crippen LogP contribution in [0, 0.1) is 0 Å². The van der Waals surface area contributed by atoms with Crippen molar-refractivity contribution in [2.75, 3.05) is 7.11 Å². The Bertz CT molecular complexity index is 461. The van der Waals surface area contributed by atoms with Crippen molar-refractivity contribution in [1.29, 1.82) is 0 Å². The van der Waals surface area contributed by atoms with Crippen LogP contribution in [0.5, 0.6) is 0 Å². The number of benzene rings is 1. The summed E-state index contributed by atoms with van der Waals surface area (Å²) in [6.07, 6.45) is -1.80. The predicted octanol–water partition coefficient (Wildman–Crippen LogP) is 2.42. The number of amides is 1. The van der Waals surface area contributed by atoms with E-state index in [1.54, 1.807) is 0 Å². The largest absolute Gasteiger partial charge is 0.464 e. The van der Waals surface area contributed by atoms with E-state index in [0.717, 1.165) is 16.1 Å². The second-order valence-electron chi connectivity index (χ2n) is 3.19. The van der Waals surface area contributed by atoms with Crippen molar-refractivity contribution in [2.45, 2.75) is 6.23 Å². The van der Waals surface area contributed by atoms with Crippen LogP contribution in [0.25, 0.3) is 0 Å². The van der Waals surface area contributed by atoms with E-state index in [-0.39, 0.29) is 0 Å². The number of carboxylic acid groups (broad SMARTS) is 1. The summed E-state index contributed by atoms with van der Waals surface area (Å²) in [5, 5.41) is 13.9. The summed E-state index contributed by atoms with van der Waals surface area (Å²) in [5.74, 6) is 0. The topological polar surface area (TPSA) is 62.1 Å². The van der Waals surface area contributed by atoms with Crippen molar-refractivity contribution >= 4 is 32.4 Å². The highest BCUT2D eigenvalue weighted by Gasteiger charge is 2.31. The summed E-state index contributed by atoms with van der Waals surface area (Å²) in [5.41, 5.74) is 1.72. The molecule has 84 valence electrons. The van der Waals surface area contributed by atoms with Gasteiger partial charge in [-0.25, -0.2) is 4.79 Å². The zero-order chi connectivity index (χ0) is 11.7. The highest BCUT2D eigenvalue weighted by Crippen LogP contribution is 2.31. The van der Waals surface area contributed by atoms with Crippen LogP contribution < -0.4 is 0 Å². The minimum absolute atomic E-state index is 0.643. The molecule has 1 aliphatic rings. The van der Waals surface area contributed by atoms with Crippen LogP contribution in [0.4, 0.5) is 4.79 Å². The molecule has 5 nitrogen and oxygen atoms in total. The first-order valence-corrected chi connectivity index (χ1v) is 5.61. The molecule has 1 heterocycles. The van der Waals surface area contributed by atoms with Crippen LogP contribution in [0.3, 0.4) is 0 Å². The molecular formula is C10H9IN2O3. The average Bonchev–Trinajstić information content (AvgIpc) is 2.29. The summed E-state index contributed by atoms with van der Waals surface area (Å²) < 4.78 is 5.82. The number of rotatable bonds is 1. The van der Waals surface area contributed by atoms with Crippen molar-refractivity contribution in [3.05, 3.63) is 35.4 Å². The molecule has 1 N–H and O–H groups in total. The Morgan fingerprint density at radius 3 is 2.88 bits per heavy atom. The van der Waals surface area contributed by atoms with E-state index in [4.69, 9.17) is 9.84 Å². The van der Waals surface area contributed by atoms with Crippen LogP contribution in [-0.2, 0) is 4.74 Å². The minimum atomic E-state index is -1.13. The molecule has 1 aromatic carbocycles. The van der Waals surface area contributed by atoms with E-state index in [0.29, 0.717) is 3.72 Å². The minimum Gasteiger partial charge on any atom is -0.464 e. The average molecular weight is 332 g/mol. The molecule has 1 unspecified atom stereocenters. The standard InChI is InChI=1S/C10H9IN2O3/c1-16-9-7-5-3-2-4-6(7)8(11)12-13(9)10(14)15/h2-5,9H,1H3,(H,14,15). The molecule has 0 saturated carbocycles. The number of nitrogens with zero attached hydrogens (tertiary/aromatic N) is 2. The number of carbonyl (C=O) groups is 1. The van der Waals surface area contributed by atoms with Gasteiger partial charge in [0, 0.05) is 18.2 Å². The molecule has 0 saturated heterocycles. The highest BCUT2D eigenvalue weighted by molar-refractivity contribution is 14.1. The molecule has 0 aliphatic carbocycles. The van der Waals surface area contributed by atoms with E-state index >= 15 is 0 Å². The Morgan fingerprint density at radius 1 is 1.56 bits per heavy atom. The van der Waals surface area contributed by atoms with Gasteiger partial charge >= 0.3 is 6.09 Å². The summed E-state index contributed by atoms with van der Waals surface area (Å²) in [6.45, 7) is 0. The zero-order valence-corrected chi connectivity index (χ0v) is 10.6. The predicted molar refractivity (Wildman–Crippen MR) is 66.6 cm³/mol. The first-order valence-electron chi connectivity index (χ1n) is 4.53. The molecule has 1 atom stereocenters. The fraction of sp³-hybridized carbons (Fsp3) is 0.200. The van der Waals surface area contributed by atoms with Gasteiger partial charge in [0.15, 0.2) is 6.23 Å². The Hall–Kier alpha value is -1.15. The summed E-state index contributed by atoms with van der Waals surface area (Å²) >= 11 is 2.01. The van der Waals surface area contributed by atoms with Crippen LogP contribution in [-0.4, -0.2) is 27.0 Å². The van der Waals surface area contributed by atoms with E-state index in [1.807, 2.05) is 46.9 Å². The molecule has 2 rings (SSSR count). The maximum absolute atomic E-state index is 11.0. The third-order valence-electron chi connectivity index (χ3n) is 2.29. The maximum atomic E-state index is 11.0. The third-order valence-corrected chi connectivity index (χ3v) is 3.08. The number of ether oxygens (including phenoxy) is 1. The molecule has 1 aromatic rings. The summed E-state index contributed by atoms with van der Waals surface area (Å²) in [4.78, 5) is 11.0. The van der Waals surface area contributed by atoms with Crippen molar-refractivity contribution < 1.29 is 14.6 Å². The Balaban J connectivity index is 2.54. The SMILES string of the molecule is COC1c2ccccc2C(I)=NN1C(=O)O. The number of hydrogen-bond acceptors (Lipinski definition) is 3.